The lowest BCUT2D eigenvalue weighted by Crippen LogP contribution is -2.43. The minimum absolute atomic E-state index is 0.440. The third kappa shape index (κ3) is 1.54. The van der Waals surface area contributed by atoms with Crippen LogP contribution < -0.4 is 11.1 Å². The van der Waals surface area contributed by atoms with Crippen LogP contribution in [0.15, 0.2) is 28.0 Å². The van der Waals surface area contributed by atoms with Crippen LogP contribution >= 0.6 is 0 Å². The molecule has 5 nitrogen and oxygen atoms in total. The normalized spacial score (nSPS) is 11.9. The van der Waals surface area contributed by atoms with Gasteiger partial charge in [-0.05, 0) is 26.8 Å². The average molecular weight is 219 g/mol. The van der Waals surface area contributed by atoms with Crippen molar-refractivity contribution in [2.75, 3.05) is 0 Å². The molecule has 16 heavy (non-hydrogen) atoms. The molecule has 2 rings (SSSR count). The first-order valence-corrected chi connectivity index (χ1v) is 5.01. The molecule has 0 saturated carbocycles. The van der Waals surface area contributed by atoms with Gasteiger partial charge < -0.3 is 4.98 Å². The van der Waals surface area contributed by atoms with E-state index in [9.17, 15) is 9.59 Å². The fraction of sp³-hybridized carbons (Fsp3) is 0.364. The molecule has 1 N–H and O–H groups in total. The first-order chi connectivity index (χ1) is 7.41. The summed E-state index contributed by atoms with van der Waals surface area (Å²) in [7, 11) is 0. The molecule has 0 spiro atoms. The maximum absolute atomic E-state index is 11.8. The van der Waals surface area contributed by atoms with Crippen molar-refractivity contribution in [2.45, 2.75) is 26.3 Å². The number of aromatic amines is 1. The summed E-state index contributed by atoms with van der Waals surface area (Å²) in [5.74, 6) is 0. The monoisotopic (exact) mass is 219 g/mol. The Labute approximate surface area is 91.8 Å². The number of hydrogen-bond donors (Lipinski definition) is 1. The van der Waals surface area contributed by atoms with E-state index in [1.54, 1.807) is 18.5 Å². The third-order valence-corrected chi connectivity index (χ3v) is 2.36. The fourth-order valence-corrected chi connectivity index (χ4v) is 1.73. The first kappa shape index (κ1) is 10.6. The molecule has 0 atom stereocenters. The van der Waals surface area contributed by atoms with Gasteiger partial charge in [-0.3, -0.25) is 19.1 Å². The molecule has 0 aliphatic heterocycles. The second-order valence-corrected chi connectivity index (χ2v) is 4.66. The first-order valence-electron chi connectivity index (χ1n) is 5.01. The zero-order chi connectivity index (χ0) is 11.9. The SMILES string of the molecule is CC(C)(C)n1c(=O)c(=O)[nH]c2cnccc21. The summed E-state index contributed by atoms with van der Waals surface area (Å²) in [6.07, 6.45) is 3.14. The van der Waals surface area contributed by atoms with Crippen molar-refractivity contribution in [3.05, 3.63) is 39.2 Å². The summed E-state index contributed by atoms with van der Waals surface area (Å²) in [6, 6.07) is 1.72. The lowest BCUT2D eigenvalue weighted by atomic mass is 10.1. The Morgan fingerprint density at radius 2 is 2.00 bits per heavy atom. The van der Waals surface area contributed by atoms with Crippen LogP contribution in [-0.2, 0) is 5.54 Å². The van der Waals surface area contributed by atoms with E-state index in [1.165, 1.54) is 4.57 Å². The molecule has 0 amide bonds. The maximum atomic E-state index is 11.8. The van der Waals surface area contributed by atoms with Gasteiger partial charge in [-0.15, -0.1) is 0 Å². The fourth-order valence-electron chi connectivity index (χ4n) is 1.73. The van der Waals surface area contributed by atoms with Crippen LogP contribution in [0.2, 0.25) is 0 Å². The molecule has 0 aliphatic rings. The minimum atomic E-state index is -0.615. The molecule has 0 aromatic carbocycles. The summed E-state index contributed by atoms with van der Waals surface area (Å²) in [5.41, 5.74) is -0.332. The number of hydrogen-bond acceptors (Lipinski definition) is 3. The van der Waals surface area contributed by atoms with Crippen LogP contribution in [0.3, 0.4) is 0 Å². The van der Waals surface area contributed by atoms with Gasteiger partial charge in [0.2, 0.25) is 0 Å². The summed E-state index contributed by atoms with van der Waals surface area (Å²) in [6.45, 7) is 5.65. The van der Waals surface area contributed by atoms with Gasteiger partial charge in [0.15, 0.2) is 0 Å². The number of fused-ring (bicyclic) bond motifs is 1. The van der Waals surface area contributed by atoms with Crippen molar-refractivity contribution in [2.24, 2.45) is 0 Å². The Bertz CT molecular complexity index is 647. The van der Waals surface area contributed by atoms with Gasteiger partial charge in [-0.1, -0.05) is 0 Å². The zero-order valence-corrected chi connectivity index (χ0v) is 9.44. The van der Waals surface area contributed by atoms with Crippen LogP contribution in [0, 0.1) is 0 Å². The molecule has 84 valence electrons. The maximum Gasteiger partial charge on any atom is 0.317 e. The smallest absolute Gasteiger partial charge is 0.315 e. The number of aromatic nitrogens is 3. The lowest BCUT2D eigenvalue weighted by molar-refractivity contribution is 0.395. The number of pyridine rings is 1. The molecule has 0 saturated heterocycles. The van der Waals surface area contributed by atoms with E-state index in [-0.39, 0.29) is 0 Å². The average Bonchev–Trinajstić information content (AvgIpc) is 2.17. The Kier molecular flexibility index (Phi) is 2.18. The van der Waals surface area contributed by atoms with Gasteiger partial charge in [0.1, 0.15) is 0 Å². The van der Waals surface area contributed by atoms with E-state index >= 15 is 0 Å². The van der Waals surface area contributed by atoms with Crippen molar-refractivity contribution in [3.8, 4) is 0 Å². The van der Waals surface area contributed by atoms with Crippen LogP contribution in [0.25, 0.3) is 11.0 Å². The largest absolute Gasteiger partial charge is 0.317 e. The molecule has 0 unspecified atom stereocenters. The van der Waals surface area contributed by atoms with E-state index in [0.717, 1.165) is 0 Å². The highest BCUT2D eigenvalue weighted by Gasteiger charge is 2.19. The molecule has 0 fully saturated rings. The Balaban J connectivity index is 3.05. The van der Waals surface area contributed by atoms with Crippen LogP contribution in [0.4, 0.5) is 0 Å². The summed E-state index contributed by atoms with van der Waals surface area (Å²) < 4.78 is 1.49. The molecule has 0 radical (unpaired) electrons. The summed E-state index contributed by atoms with van der Waals surface area (Å²) >= 11 is 0. The van der Waals surface area contributed by atoms with Crippen molar-refractivity contribution in [1.82, 2.24) is 14.5 Å². The van der Waals surface area contributed by atoms with Crippen molar-refractivity contribution < 1.29 is 0 Å². The van der Waals surface area contributed by atoms with Crippen molar-refractivity contribution in [1.29, 1.82) is 0 Å². The highest BCUT2D eigenvalue weighted by Crippen LogP contribution is 2.16. The lowest BCUT2D eigenvalue weighted by Gasteiger charge is -2.23. The molecule has 0 bridgehead atoms. The number of rotatable bonds is 0. The van der Waals surface area contributed by atoms with Gasteiger partial charge in [-0.2, -0.15) is 0 Å². The number of H-pyrrole nitrogens is 1. The molecular weight excluding hydrogens is 206 g/mol. The van der Waals surface area contributed by atoms with E-state index in [0.29, 0.717) is 11.0 Å². The second kappa shape index (κ2) is 3.30. The molecule has 0 aliphatic carbocycles. The van der Waals surface area contributed by atoms with Gasteiger partial charge in [0.05, 0.1) is 17.2 Å². The Morgan fingerprint density at radius 1 is 1.31 bits per heavy atom. The molecular formula is C11H13N3O2. The number of nitrogens with one attached hydrogen (secondary N) is 1. The highest BCUT2D eigenvalue weighted by atomic mass is 16.2. The quantitative estimate of drug-likeness (QED) is 0.667. The van der Waals surface area contributed by atoms with E-state index in [2.05, 4.69) is 9.97 Å². The number of nitrogens with zero attached hydrogens (tertiary/aromatic N) is 2. The Morgan fingerprint density at radius 3 is 2.62 bits per heavy atom. The van der Waals surface area contributed by atoms with Crippen LogP contribution in [0.5, 0.6) is 0 Å². The predicted molar refractivity (Wildman–Crippen MR) is 61.6 cm³/mol. The minimum Gasteiger partial charge on any atom is -0.315 e. The van der Waals surface area contributed by atoms with Crippen molar-refractivity contribution in [3.63, 3.8) is 0 Å². The molecule has 5 heteroatoms. The third-order valence-electron chi connectivity index (χ3n) is 2.36. The zero-order valence-electron chi connectivity index (χ0n) is 9.44. The molecule has 2 aromatic heterocycles. The van der Waals surface area contributed by atoms with Gasteiger partial charge >= 0.3 is 11.1 Å². The van der Waals surface area contributed by atoms with Gasteiger partial charge in [0.25, 0.3) is 0 Å². The predicted octanol–water partition coefficient (Wildman–Crippen LogP) is 0.840. The summed E-state index contributed by atoms with van der Waals surface area (Å²) in [4.78, 5) is 29.8. The standard InChI is InChI=1S/C11H13N3O2/c1-11(2,3)14-8-4-5-12-6-7(8)13-9(15)10(14)16/h4-6H,1-3H3,(H,13,15). The topological polar surface area (TPSA) is 67.8 Å². The van der Waals surface area contributed by atoms with E-state index in [1.807, 2.05) is 20.8 Å². The van der Waals surface area contributed by atoms with Gasteiger partial charge in [0, 0.05) is 11.7 Å². The van der Waals surface area contributed by atoms with E-state index < -0.39 is 16.7 Å². The van der Waals surface area contributed by atoms with E-state index in [4.69, 9.17) is 0 Å². The highest BCUT2D eigenvalue weighted by molar-refractivity contribution is 5.73. The van der Waals surface area contributed by atoms with Gasteiger partial charge in [-0.25, -0.2) is 0 Å². The van der Waals surface area contributed by atoms with Crippen LogP contribution in [0.1, 0.15) is 20.8 Å². The summed E-state index contributed by atoms with van der Waals surface area (Å²) in [5, 5.41) is 0. The van der Waals surface area contributed by atoms with Crippen molar-refractivity contribution >= 4 is 11.0 Å². The molecule has 2 heterocycles. The van der Waals surface area contributed by atoms with Crippen LogP contribution in [-0.4, -0.2) is 14.5 Å². The molecule has 2 aromatic rings. The Hall–Kier alpha value is -1.91. The second-order valence-electron chi connectivity index (χ2n) is 4.66.